The highest BCUT2D eigenvalue weighted by Gasteiger charge is 2.22. The van der Waals surface area contributed by atoms with E-state index in [-0.39, 0.29) is 0 Å². The summed E-state index contributed by atoms with van der Waals surface area (Å²) in [4.78, 5) is 4.25. The Morgan fingerprint density at radius 3 is 2.82 bits per heavy atom. The maximum Gasteiger partial charge on any atom is 0.191 e. The van der Waals surface area contributed by atoms with Crippen molar-refractivity contribution >= 4 is 5.96 Å². The number of rotatable bonds is 8. The Hall–Kier alpha value is -1.75. The molecule has 0 bridgehead atoms. The second kappa shape index (κ2) is 8.63. The molecule has 5 nitrogen and oxygen atoms in total. The van der Waals surface area contributed by atoms with Crippen molar-refractivity contribution in [2.75, 3.05) is 27.4 Å². The van der Waals surface area contributed by atoms with Crippen molar-refractivity contribution < 1.29 is 9.47 Å². The minimum atomic E-state index is 0.592. The SMILES string of the molecule is CN=C(NCc1ccc(C)cc1OCCCOC)NC1CC1. The molecule has 1 aliphatic rings. The molecule has 0 unspecified atom stereocenters. The Morgan fingerprint density at radius 1 is 1.32 bits per heavy atom. The number of nitrogens with one attached hydrogen (secondary N) is 2. The zero-order valence-electron chi connectivity index (χ0n) is 13.8. The summed E-state index contributed by atoms with van der Waals surface area (Å²) < 4.78 is 11.0. The van der Waals surface area contributed by atoms with E-state index >= 15 is 0 Å². The maximum absolute atomic E-state index is 5.90. The van der Waals surface area contributed by atoms with Crippen LogP contribution < -0.4 is 15.4 Å². The smallest absolute Gasteiger partial charge is 0.191 e. The van der Waals surface area contributed by atoms with E-state index in [0.29, 0.717) is 19.2 Å². The van der Waals surface area contributed by atoms with Gasteiger partial charge >= 0.3 is 0 Å². The summed E-state index contributed by atoms with van der Waals surface area (Å²) in [5.41, 5.74) is 2.34. The van der Waals surface area contributed by atoms with Crippen molar-refractivity contribution in [3.8, 4) is 5.75 Å². The molecule has 0 heterocycles. The van der Waals surface area contributed by atoms with Crippen LogP contribution >= 0.6 is 0 Å². The molecule has 1 aromatic rings. The number of hydrogen-bond acceptors (Lipinski definition) is 3. The van der Waals surface area contributed by atoms with Gasteiger partial charge in [0.05, 0.1) is 6.61 Å². The number of guanidine groups is 1. The highest BCUT2D eigenvalue weighted by molar-refractivity contribution is 5.80. The van der Waals surface area contributed by atoms with E-state index in [1.165, 1.54) is 18.4 Å². The first-order valence-corrected chi connectivity index (χ1v) is 7.91. The van der Waals surface area contributed by atoms with Gasteiger partial charge in [-0.3, -0.25) is 4.99 Å². The Morgan fingerprint density at radius 2 is 2.14 bits per heavy atom. The molecule has 0 radical (unpaired) electrons. The first-order valence-electron chi connectivity index (χ1n) is 7.91. The minimum absolute atomic E-state index is 0.592. The van der Waals surface area contributed by atoms with E-state index in [4.69, 9.17) is 9.47 Å². The average Bonchev–Trinajstić information content (AvgIpc) is 3.33. The van der Waals surface area contributed by atoms with Gasteiger partial charge in [-0.2, -0.15) is 0 Å². The number of methoxy groups -OCH3 is 1. The third-order valence-corrected chi connectivity index (χ3v) is 3.56. The third-order valence-electron chi connectivity index (χ3n) is 3.56. The number of hydrogen-bond donors (Lipinski definition) is 2. The van der Waals surface area contributed by atoms with E-state index in [2.05, 4.69) is 40.7 Å². The summed E-state index contributed by atoms with van der Waals surface area (Å²) in [5, 5.41) is 6.74. The van der Waals surface area contributed by atoms with Crippen LogP contribution in [0.3, 0.4) is 0 Å². The van der Waals surface area contributed by atoms with Gasteiger partial charge in [0.15, 0.2) is 5.96 Å². The molecule has 5 heteroatoms. The number of benzene rings is 1. The lowest BCUT2D eigenvalue weighted by atomic mass is 10.1. The van der Waals surface area contributed by atoms with Crippen LogP contribution in [0.15, 0.2) is 23.2 Å². The molecule has 122 valence electrons. The van der Waals surface area contributed by atoms with Gasteiger partial charge in [0, 0.05) is 45.3 Å². The molecule has 0 amide bonds. The number of aliphatic imine (C=N–C) groups is 1. The lowest BCUT2D eigenvalue weighted by Gasteiger charge is -2.15. The molecular weight excluding hydrogens is 278 g/mol. The second-order valence-electron chi connectivity index (χ2n) is 5.65. The maximum atomic E-state index is 5.90. The fraction of sp³-hybridized carbons (Fsp3) is 0.588. The van der Waals surface area contributed by atoms with E-state index in [1.807, 2.05) is 0 Å². The second-order valence-corrected chi connectivity index (χ2v) is 5.65. The monoisotopic (exact) mass is 305 g/mol. The van der Waals surface area contributed by atoms with Crippen molar-refractivity contribution in [2.45, 2.75) is 38.8 Å². The average molecular weight is 305 g/mol. The van der Waals surface area contributed by atoms with Gasteiger partial charge in [0.2, 0.25) is 0 Å². The van der Waals surface area contributed by atoms with Crippen LogP contribution in [0.25, 0.3) is 0 Å². The summed E-state index contributed by atoms with van der Waals surface area (Å²) in [6, 6.07) is 6.89. The molecule has 22 heavy (non-hydrogen) atoms. The van der Waals surface area contributed by atoms with Gasteiger partial charge < -0.3 is 20.1 Å². The first-order chi connectivity index (χ1) is 10.7. The minimum Gasteiger partial charge on any atom is -0.493 e. The van der Waals surface area contributed by atoms with Crippen LogP contribution in [0.5, 0.6) is 5.75 Å². The fourth-order valence-corrected chi connectivity index (χ4v) is 2.12. The van der Waals surface area contributed by atoms with Crippen LogP contribution in [0, 0.1) is 6.92 Å². The zero-order valence-corrected chi connectivity index (χ0v) is 13.8. The lowest BCUT2D eigenvalue weighted by Crippen LogP contribution is -2.38. The van der Waals surface area contributed by atoms with Crippen LogP contribution in [0.4, 0.5) is 0 Å². The summed E-state index contributed by atoms with van der Waals surface area (Å²) in [6.07, 6.45) is 3.36. The molecule has 0 atom stereocenters. The molecule has 1 aliphatic carbocycles. The van der Waals surface area contributed by atoms with Gasteiger partial charge in [-0.25, -0.2) is 0 Å². The summed E-state index contributed by atoms with van der Waals surface area (Å²) >= 11 is 0. The highest BCUT2D eigenvalue weighted by atomic mass is 16.5. The predicted octanol–water partition coefficient (Wildman–Crippen LogP) is 2.24. The van der Waals surface area contributed by atoms with Crippen LogP contribution in [-0.2, 0) is 11.3 Å². The van der Waals surface area contributed by atoms with Crippen LogP contribution in [0.2, 0.25) is 0 Å². The zero-order chi connectivity index (χ0) is 15.8. The van der Waals surface area contributed by atoms with Crippen LogP contribution in [0.1, 0.15) is 30.4 Å². The summed E-state index contributed by atoms with van der Waals surface area (Å²) in [6.45, 7) is 4.16. The molecule has 1 aromatic carbocycles. The predicted molar refractivity (Wildman–Crippen MR) is 89.5 cm³/mol. The molecule has 0 spiro atoms. The largest absolute Gasteiger partial charge is 0.493 e. The molecule has 0 saturated heterocycles. The quantitative estimate of drug-likeness (QED) is 0.439. The third kappa shape index (κ3) is 5.56. The number of aryl methyl sites for hydroxylation is 1. The van der Waals surface area contributed by atoms with E-state index < -0.39 is 0 Å². The Labute approximate surface area is 133 Å². The Balaban J connectivity index is 1.90. The standard InChI is InChI=1S/C17H27N3O2/c1-13-5-6-14(16(11-13)22-10-4-9-21-3)12-19-17(18-2)20-15-7-8-15/h5-6,11,15H,4,7-10,12H2,1-3H3,(H2,18,19,20). The fourth-order valence-electron chi connectivity index (χ4n) is 2.12. The van der Waals surface area contributed by atoms with Gasteiger partial charge in [-0.1, -0.05) is 12.1 Å². The molecule has 0 aromatic heterocycles. The Bertz CT molecular complexity index is 499. The normalized spacial score (nSPS) is 14.8. The summed E-state index contributed by atoms with van der Waals surface area (Å²) in [5.74, 6) is 1.79. The van der Waals surface area contributed by atoms with E-state index in [9.17, 15) is 0 Å². The van der Waals surface area contributed by atoms with Crippen molar-refractivity contribution in [1.29, 1.82) is 0 Å². The van der Waals surface area contributed by atoms with E-state index in [0.717, 1.165) is 30.3 Å². The summed E-state index contributed by atoms with van der Waals surface area (Å²) in [7, 11) is 3.51. The van der Waals surface area contributed by atoms with Gasteiger partial charge in [0.25, 0.3) is 0 Å². The molecule has 2 rings (SSSR count). The molecule has 2 N–H and O–H groups in total. The highest BCUT2D eigenvalue weighted by Crippen LogP contribution is 2.21. The van der Waals surface area contributed by atoms with Crippen molar-refractivity contribution in [3.05, 3.63) is 29.3 Å². The number of nitrogens with zero attached hydrogens (tertiary/aromatic N) is 1. The van der Waals surface area contributed by atoms with Crippen molar-refractivity contribution in [2.24, 2.45) is 4.99 Å². The molecular formula is C17H27N3O2. The van der Waals surface area contributed by atoms with Crippen LogP contribution in [-0.4, -0.2) is 39.4 Å². The first kappa shape index (κ1) is 16.6. The molecule has 1 fully saturated rings. The number of ether oxygens (including phenoxy) is 2. The Kier molecular flexibility index (Phi) is 6.52. The van der Waals surface area contributed by atoms with E-state index in [1.54, 1.807) is 14.2 Å². The van der Waals surface area contributed by atoms with Crippen molar-refractivity contribution in [3.63, 3.8) is 0 Å². The lowest BCUT2D eigenvalue weighted by molar-refractivity contribution is 0.172. The van der Waals surface area contributed by atoms with Gasteiger partial charge in [-0.15, -0.1) is 0 Å². The van der Waals surface area contributed by atoms with Gasteiger partial charge in [0.1, 0.15) is 5.75 Å². The molecule has 0 aliphatic heterocycles. The molecule has 1 saturated carbocycles. The van der Waals surface area contributed by atoms with Gasteiger partial charge in [-0.05, 0) is 31.4 Å². The topological polar surface area (TPSA) is 54.9 Å². The van der Waals surface area contributed by atoms with Crippen molar-refractivity contribution in [1.82, 2.24) is 10.6 Å².